The van der Waals surface area contributed by atoms with Gasteiger partial charge in [0.2, 0.25) is 0 Å². The molecular formula is C19H23BrFN5. The van der Waals surface area contributed by atoms with Gasteiger partial charge in [0.25, 0.3) is 0 Å². The monoisotopic (exact) mass is 419 g/mol. The second kappa shape index (κ2) is 6.53. The van der Waals surface area contributed by atoms with Gasteiger partial charge in [-0.15, -0.1) is 0 Å². The smallest absolute Gasteiger partial charge is 0.187 e. The quantitative estimate of drug-likeness (QED) is 0.760. The first-order valence-corrected chi connectivity index (χ1v) is 9.74. The topological polar surface area (TPSA) is 45.2 Å². The number of nitrogens with zero attached hydrogens (tertiary/aromatic N) is 5. The van der Waals surface area contributed by atoms with Gasteiger partial charge in [0.05, 0.1) is 11.4 Å². The predicted octanol–water partition coefficient (Wildman–Crippen LogP) is 3.53. The highest BCUT2D eigenvalue weighted by molar-refractivity contribution is 9.10. The molecule has 2 aliphatic heterocycles. The van der Waals surface area contributed by atoms with Gasteiger partial charge in [0.1, 0.15) is 6.33 Å². The van der Waals surface area contributed by atoms with Crippen molar-refractivity contribution in [1.82, 2.24) is 19.9 Å². The summed E-state index contributed by atoms with van der Waals surface area (Å²) in [6.07, 6.45) is 4.37. The maximum absolute atomic E-state index is 15.0. The van der Waals surface area contributed by atoms with Crippen molar-refractivity contribution in [3.05, 3.63) is 46.3 Å². The van der Waals surface area contributed by atoms with Crippen molar-refractivity contribution in [2.24, 2.45) is 0 Å². The zero-order chi connectivity index (χ0) is 18.5. The number of pyridine rings is 1. The van der Waals surface area contributed by atoms with E-state index in [1.54, 1.807) is 0 Å². The number of likely N-dealkylation sites (tertiary alicyclic amines) is 1. The van der Waals surface area contributed by atoms with E-state index < -0.39 is 0 Å². The van der Waals surface area contributed by atoms with Gasteiger partial charge in [0, 0.05) is 47.8 Å². The molecule has 2 atom stereocenters. The Kier molecular flexibility index (Phi) is 4.47. The third-order valence-electron chi connectivity index (χ3n) is 5.26. The summed E-state index contributed by atoms with van der Waals surface area (Å²) in [4.78, 5) is 17.5. The second-order valence-electron chi connectivity index (χ2n) is 8.20. The fourth-order valence-electron chi connectivity index (χ4n) is 3.99. The molecule has 0 spiro atoms. The van der Waals surface area contributed by atoms with Crippen LogP contribution in [0.5, 0.6) is 0 Å². The van der Waals surface area contributed by atoms with Crippen molar-refractivity contribution in [1.29, 1.82) is 0 Å². The molecule has 0 saturated carbocycles. The van der Waals surface area contributed by atoms with Crippen LogP contribution in [0.3, 0.4) is 0 Å². The highest BCUT2D eigenvalue weighted by Gasteiger charge is 2.45. The maximum atomic E-state index is 15.0. The molecule has 2 bridgehead atoms. The number of fused-ring (bicyclic) bond motifs is 2. The molecule has 0 N–H and O–H groups in total. The first kappa shape index (κ1) is 17.8. The van der Waals surface area contributed by atoms with Crippen LogP contribution in [0, 0.1) is 5.82 Å². The summed E-state index contributed by atoms with van der Waals surface area (Å²) in [6.45, 7) is 8.49. The molecule has 2 unspecified atom stereocenters. The molecule has 2 aromatic rings. The summed E-state index contributed by atoms with van der Waals surface area (Å²) in [5.41, 5.74) is 1.22. The number of rotatable bonds is 3. The van der Waals surface area contributed by atoms with Gasteiger partial charge in [-0.3, -0.25) is 9.88 Å². The fourth-order valence-corrected chi connectivity index (χ4v) is 4.23. The van der Waals surface area contributed by atoms with Gasteiger partial charge in [-0.2, -0.15) is 0 Å². The van der Waals surface area contributed by atoms with Crippen LogP contribution in [-0.2, 0) is 12.0 Å². The Hall–Kier alpha value is -1.60. The van der Waals surface area contributed by atoms with Crippen molar-refractivity contribution in [3.63, 3.8) is 0 Å². The molecule has 2 saturated heterocycles. The number of piperazine rings is 1. The van der Waals surface area contributed by atoms with Crippen molar-refractivity contribution in [3.8, 4) is 0 Å². The number of anilines is 1. The molecule has 4 rings (SSSR count). The van der Waals surface area contributed by atoms with Crippen molar-refractivity contribution in [2.45, 2.75) is 51.2 Å². The van der Waals surface area contributed by atoms with E-state index in [9.17, 15) is 0 Å². The maximum Gasteiger partial charge on any atom is 0.187 e. The third kappa shape index (κ3) is 3.22. The fraction of sp³-hybridized carbons (Fsp3) is 0.526. The number of hydrogen-bond acceptors (Lipinski definition) is 5. The Morgan fingerprint density at radius 2 is 1.96 bits per heavy atom. The molecule has 0 aromatic carbocycles. The first-order chi connectivity index (χ1) is 12.3. The molecule has 4 heterocycles. The Labute approximate surface area is 161 Å². The van der Waals surface area contributed by atoms with Crippen LogP contribution in [0.2, 0.25) is 0 Å². The van der Waals surface area contributed by atoms with E-state index in [4.69, 9.17) is 0 Å². The molecule has 0 aliphatic carbocycles. The molecule has 2 aliphatic rings. The standard InChI is InChI=1S/C19H23BrFN5/c1-19(2,3)17-16(21)18(24-11-23-17)26-10-14-6-15(26)9-25(14)8-13-5-4-12(20)7-22-13/h4-5,7,11,14-15H,6,8-10H2,1-3H3. The molecule has 2 fully saturated rings. The highest BCUT2D eigenvalue weighted by Crippen LogP contribution is 2.37. The van der Waals surface area contributed by atoms with Crippen LogP contribution in [0.25, 0.3) is 0 Å². The van der Waals surface area contributed by atoms with Crippen LogP contribution < -0.4 is 4.90 Å². The summed E-state index contributed by atoms with van der Waals surface area (Å²) < 4.78 is 16.0. The normalized spacial score (nSPS) is 23.0. The molecule has 7 heteroatoms. The zero-order valence-corrected chi connectivity index (χ0v) is 16.9. The Morgan fingerprint density at radius 3 is 2.58 bits per heavy atom. The SMILES string of the molecule is CC(C)(C)c1ncnc(N2CC3CC2CN3Cc2ccc(Br)cn2)c1F. The second-order valence-corrected chi connectivity index (χ2v) is 9.12. The van der Waals surface area contributed by atoms with E-state index in [-0.39, 0.29) is 11.2 Å². The van der Waals surface area contributed by atoms with Gasteiger partial charge < -0.3 is 4.90 Å². The lowest BCUT2D eigenvalue weighted by molar-refractivity contribution is 0.227. The third-order valence-corrected chi connectivity index (χ3v) is 5.73. The van der Waals surface area contributed by atoms with E-state index in [2.05, 4.69) is 40.7 Å². The lowest BCUT2D eigenvalue weighted by Crippen LogP contribution is -2.46. The largest absolute Gasteiger partial charge is 0.348 e. The molecule has 26 heavy (non-hydrogen) atoms. The average molecular weight is 420 g/mol. The van der Waals surface area contributed by atoms with Crippen LogP contribution in [0.15, 0.2) is 29.1 Å². The van der Waals surface area contributed by atoms with Gasteiger partial charge in [-0.05, 0) is 34.5 Å². The van der Waals surface area contributed by atoms with Crippen molar-refractivity contribution >= 4 is 21.7 Å². The number of aromatic nitrogens is 3. The molecule has 0 radical (unpaired) electrons. The minimum atomic E-state index is -0.334. The molecule has 5 nitrogen and oxygen atoms in total. The summed E-state index contributed by atoms with van der Waals surface area (Å²) in [6, 6.07) is 4.78. The van der Waals surface area contributed by atoms with E-state index in [1.807, 2.05) is 39.1 Å². The molecule has 2 aromatic heterocycles. The molecular weight excluding hydrogens is 397 g/mol. The van der Waals surface area contributed by atoms with Crippen LogP contribution in [0.4, 0.5) is 10.2 Å². The Morgan fingerprint density at radius 1 is 1.15 bits per heavy atom. The number of halogens is 2. The van der Waals surface area contributed by atoms with Gasteiger partial charge in [0.15, 0.2) is 11.6 Å². The van der Waals surface area contributed by atoms with Gasteiger partial charge in [-0.25, -0.2) is 14.4 Å². The summed E-state index contributed by atoms with van der Waals surface area (Å²) >= 11 is 3.42. The Bertz CT molecular complexity index is 805. The summed E-state index contributed by atoms with van der Waals surface area (Å²) in [7, 11) is 0. The Balaban J connectivity index is 1.50. The minimum absolute atomic E-state index is 0.270. The first-order valence-electron chi connectivity index (χ1n) is 8.95. The molecule has 138 valence electrons. The van der Waals surface area contributed by atoms with Crippen LogP contribution in [0.1, 0.15) is 38.6 Å². The van der Waals surface area contributed by atoms with Crippen LogP contribution in [-0.4, -0.2) is 45.0 Å². The van der Waals surface area contributed by atoms with E-state index in [1.165, 1.54) is 6.33 Å². The van der Waals surface area contributed by atoms with Gasteiger partial charge in [-0.1, -0.05) is 20.8 Å². The lowest BCUT2D eigenvalue weighted by Gasteiger charge is -2.35. The average Bonchev–Trinajstić information content (AvgIpc) is 3.16. The minimum Gasteiger partial charge on any atom is -0.348 e. The van der Waals surface area contributed by atoms with E-state index in [0.29, 0.717) is 23.6 Å². The summed E-state index contributed by atoms with van der Waals surface area (Å²) in [5.74, 6) is 0.188. The van der Waals surface area contributed by atoms with Gasteiger partial charge >= 0.3 is 0 Å². The van der Waals surface area contributed by atoms with Crippen molar-refractivity contribution in [2.75, 3.05) is 18.0 Å². The summed E-state index contributed by atoms with van der Waals surface area (Å²) in [5, 5.41) is 0. The number of hydrogen-bond donors (Lipinski definition) is 0. The predicted molar refractivity (Wildman–Crippen MR) is 103 cm³/mol. The zero-order valence-electron chi connectivity index (χ0n) is 15.3. The highest BCUT2D eigenvalue weighted by atomic mass is 79.9. The van der Waals surface area contributed by atoms with E-state index >= 15 is 4.39 Å². The van der Waals surface area contributed by atoms with Crippen molar-refractivity contribution < 1.29 is 4.39 Å². The van der Waals surface area contributed by atoms with E-state index in [0.717, 1.165) is 36.2 Å². The molecule has 0 amide bonds. The lowest BCUT2D eigenvalue weighted by atomic mass is 9.91. The van der Waals surface area contributed by atoms with Crippen LogP contribution >= 0.6 is 15.9 Å².